The molecule has 162 valence electrons. The number of pyridine rings is 1. The molecule has 0 amide bonds. The second kappa shape index (κ2) is 8.71. The predicted molar refractivity (Wildman–Crippen MR) is 108 cm³/mol. The van der Waals surface area contributed by atoms with Gasteiger partial charge in [0.1, 0.15) is 28.4 Å². The Balaban J connectivity index is 1.80. The zero-order chi connectivity index (χ0) is 22.1. The van der Waals surface area contributed by atoms with Crippen LogP contribution in [-0.4, -0.2) is 37.2 Å². The molecule has 1 aliphatic rings. The molecule has 0 saturated carbocycles. The molecule has 8 nitrogen and oxygen atoms in total. The van der Waals surface area contributed by atoms with Crippen molar-refractivity contribution >= 4 is 29.1 Å². The van der Waals surface area contributed by atoms with Gasteiger partial charge in [-0.3, -0.25) is 9.78 Å². The van der Waals surface area contributed by atoms with Gasteiger partial charge in [-0.15, -0.1) is 3.89 Å². The number of ether oxygens (including phenoxy) is 2. The second-order valence-corrected chi connectivity index (χ2v) is 8.59. The minimum Gasteiger partial charge on any atom is -0.469 e. The molecular formula is C19H17F2N4O4S2+. The number of benzene rings is 1. The Morgan fingerprint density at radius 3 is 2.81 bits per heavy atom. The van der Waals surface area contributed by atoms with E-state index in [4.69, 9.17) is 4.74 Å². The van der Waals surface area contributed by atoms with Gasteiger partial charge in [0, 0.05) is 33.4 Å². The number of rotatable bonds is 6. The van der Waals surface area contributed by atoms with Crippen LogP contribution in [0.1, 0.15) is 24.9 Å². The lowest BCUT2D eigenvalue weighted by Gasteiger charge is -2.23. The van der Waals surface area contributed by atoms with Crippen molar-refractivity contribution in [3.05, 3.63) is 48.0 Å². The summed E-state index contributed by atoms with van der Waals surface area (Å²) in [5, 5.41) is 4.07. The molecule has 12 heteroatoms. The van der Waals surface area contributed by atoms with Gasteiger partial charge in [-0.2, -0.15) is 4.57 Å². The van der Waals surface area contributed by atoms with E-state index in [0.717, 1.165) is 4.09 Å². The summed E-state index contributed by atoms with van der Waals surface area (Å²) in [6.45, 7) is 1.75. The van der Waals surface area contributed by atoms with Crippen molar-refractivity contribution < 1.29 is 31.3 Å². The highest BCUT2D eigenvalue weighted by molar-refractivity contribution is 7.92. The molecule has 2 atom stereocenters. The number of carbonyl (C=O) groups excluding carboxylic acids is 1. The van der Waals surface area contributed by atoms with Gasteiger partial charge in [0.05, 0.1) is 18.6 Å². The summed E-state index contributed by atoms with van der Waals surface area (Å²) >= 11 is -0.218. The van der Waals surface area contributed by atoms with Crippen LogP contribution in [0.3, 0.4) is 0 Å². The Kier molecular flexibility index (Phi) is 6.01. The zero-order valence-electron chi connectivity index (χ0n) is 16.4. The van der Waals surface area contributed by atoms with E-state index in [1.165, 1.54) is 23.8 Å². The number of nitrogens with zero attached hydrogens (tertiary/aromatic N) is 4. The smallest absolute Gasteiger partial charge is 0.453 e. The average Bonchev–Trinajstić information content (AvgIpc) is 3.17. The predicted octanol–water partition coefficient (Wildman–Crippen LogP) is 3.14. The van der Waals surface area contributed by atoms with Gasteiger partial charge in [0.15, 0.2) is 0 Å². The number of methoxy groups -OCH3 is 1. The lowest BCUT2D eigenvalue weighted by Crippen LogP contribution is -2.45. The summed E-state index contributed by atoms with van der Waals surface area (Å²) in [4.78, 5) is 15.4. The molecule has 0 spiro atoms. The normalized spacial score (nSPS) is 15.5. The molecule has 2 unspecified atom stereocenters. The van der Waals surface area contributed by atoms with Crippen LogP contribution < -0.4 is 9.30 Å². The first-order valence-electron chi connectivity index (χ1n) is 9.15. The first-order chi connectivity index (χ1) is 14.9. The fraction of sp³-hybridized carbons (Fsp3) is 0.263. The van der Waals surface area contributed by atoms with E-state index in [0.29, 0.717) is 22.4 Å². The van der Waals surface area contributed by atoms with Crippen LogP contribution in [0.4, 0.5) is 8.28 Å². The SMILES string of the molecule is COC(=O)CCS(=O)c1nn(SF)c2[n+]1C(C)c1cc(F)cc(-c3ccncc3)c1O2. The highest BCUT2D eigenvalue weighted by atomic mass is 32.2. The number of aromatic nitrogens is 4. The van der Waals surface area contributed by atoms with Crippen LogP contribution in [-0.2, 0) is 20.3 Å². The van der Waals surface area contributed by atoms with Gasteiger partial charge in [0.25, 0.3) is 12.3 Å². The number of hydrogen-bond donors (Lipinski definition) is 0. The molecule has 0 saturated heterocycles. The van der Waals surface area contributed by atoms with Gasteiger partial charge >= 0.3 is 17.1 Å². The van der Waals surface area contributed by atoms with Gasteiger partial charge in [-0.25, -0.2) is 8.60 Å². The van der Waals surface area contributed by atoms with E-state index < -0.39 is 28.6 Å². The van der Waals surface area contributed by atoms with Crippen LogP contribution in [0.2, 0.25) is 0 Å². The number of carbonyl (C=O) groups is 1. The third-order valence-corrected chi connectivity index (χ3v) is 6.47. The maximum absolute atomic E-state index is 14.5. The summed E-state index contributed by atoms with van der Waals surface area (Å²) in [6.07, 6.45) is 3.05. The zero-order valence-corrected chi connectivity index (χ0v) is 18.1. The number of hydrogen-bond acceptors (Lipinski definition) is 7. The molecule has 0 radical (unpaired) electrons. The summed E-state index contributed by atoms with van der Waals surface area (Å²) in [5.74, 6) is -0.719. The molecule has 4 rings (SSSR count). The van der Waals surface area contributed by atoms with Crippen molar-refractivity contribution in [1.29, 1.82) is 0 Å². The van der Waals surface area contributed by atoms with Crippen LogP contribution in [0.25, 0.3) is 11.1 Å². The van der Waals surface area contributed by atoms with Crippen LogP contribution in [0.5, 0.6) is 11.8 Å². The molecule has 0 N–H and O–H groups in total. The van der Waals surface area contributed by atoms with Crippen molar-refractivity contribution in [3.63, 3.8) is 0 Å². The van der Waals surface area contributed by atoms with Crippen LogP contribution in [0, 0.1) is 5.82 Å². The van der Waals surface area contributed by atoms with Crippen LogP contribution in [0.15, 0.2) is 41.8 Å². The Morgan fingerprint density at radius 1 is 1.39 bits per heavy atom. The Labute approximate surface area is 183 Å². The topological polar surface area (TPSA) is 87.2 Å². The molecule has 0 bridgehead atoms. The maximum atomic E-state index is 14.5. The molecule has 2 aromatic heterocycles. The molecule has 3 aromatic rings. The van der Waals surface area contributed by atoms with Gasteiger partial charge in [0.2, 0.25) is 0 Å². The second-order valence-electron chi connectivity index (χ2n) is 6.64. The van der Waals surface area contributed by atoms with Crippen molar-refractivity contribution in [3.8, 4) is 22.9 Å². The fourth-order valence-electron chi connectivity index (χ4n) is 3.35. The number of halogens is 2. The molecule has 3 heterocycles. The lowest BCUT2D eigenvalue weighted by molar-refractivity contribution is -0.752. The van der Waals surface area contributed by atoms with Gasteiger partial charge in [-0.1, -0.05) is 0 Å². The van der Waals surface area contributed by atoms with E-state index in [2.05, 4.69) is 14.8 Å². The van der Waals surface area contributed by atoms with Gasteiger partial charge in [-0.05, 0) is 36.8 Å². The highest BCUT2D eigenvalue weighted by Crippen LogP contribution is 2.43. The third-order valence-electron chi connectivity index (χ3n) is 4.84. The summed E-state index contributed by atoms with van der Waals surface area (Å²) < 4.78 is 53.8. The highest BCUT2D eigenvalue weighted by Gasteiger charge is 2.42. The lowest BCUT2D eigenvalue weighted by atomic mass is 9.97. The fourth-order valence-corrected chi connectivity index (χ4v) is 4.85. The largest absolute Gasteiger partial charge is 0.469 e. The monoisotopic (exact) mass is 467 g/mol. The van der Waals surface area contributed by atoms with Gasteiger partial charge < -0.3 is 9.47 Å². The van der Waals surface area contributed by atoms with E-state index in [1.54, 1.807) is 31.5 Å². The minimum atomic E-state index is -1.75. The van der Waals surface area contributed by atoms with E-state index in [1.807, 2.05) is 0 Å². The molecular weight excluding hydrogens is 450 g/mol. The van der Waals surface area contributed by atoms with Crippen molar-refractivity contribution in [1.82, 2.24) is 14.2 Å². The number of fused-ring (bicyclic) bond motifs is 2. The molecule has 1 aromatic carbocycles. The molecule has 31 heavy (non-hydrogen) atoms. The van der Waals surface area contributed by atoms with Crippen molar-refractivity contribution in [2.75, 3.05) is 12.9 Å². The maximum Gasteiger partial charge on any atom is 0.453 e. The van der Waals surface area contributed by atoms with E-state index in [-0.39, 0.29) is 35.7 Å². The standard InChI is InChI=1S/C19H17F2N4O4S2/c1-11-14-9-13(20)10-15(12-3-6-22-7-4-12)17(14)29-19-24(11)18(23-25(19)30-21)31(27)8-5-16(26)28-2/h3-4,6-7,9-11H,5,8H2,1-2H3/q+1. The average molecular weight is 467 g/mol. The van der Waals surface area contributed by atoms with Crippen molar-refractivity contribution in [2.24, 2.45) is 0 Å². The third kappa shape index (κ3) is 3.92. The number of esters is 1. The quantitative estimate of drug-likeness (QED) is 0.407. The van der Waals surface area contributed by atoms with Crippen LogP contribution >= 0.6 is 12.3 Å². The summed E-state index contributed by atoms with van der Waals surface area (Å²) in [7, 11) is -0.518. The Hall–Kier alpha value is -2.86. The Morgan fingerprint density at radius 2 is 2.13 bits per heavy atom. The molecule has 0 fully saturated rings. The first kappa shape index (κ1) is 21.4. The summed E-state index contributed by atoms with van der Waals surface area (Å²) in [6, 6.07) is 5.50. The minimum absolute atomic E-state index is 0.00386. The van der Waals surface area contributed by atoms with Crippen molar-refractivity contribution in [2.45, 2.75) is 24.5 Å². The molecule has 1 aliphatic heterocycles. The Bertz CT molecular complexity index is 1170. The first-order valence-corrected chi connectivity index (χ1v) is 11.1. The van der Waals surface area contributed by atoms with E-state index >= 15 is 0 Å². The molecule has 0 aliphatic carbocycles. The van der Waals surface area contributed by atoms with E-state index in [9.17, 15) is 17.3 Å². The summed E-state index contributed by atoms with van der Waals surface area (Å²) in [5.41, 5.74) is 1.63.